The van der Waals surface area contributed by atoms with Crippen LogP contribution in [0.1, 0.15) is 24.0 Å². The summed E-state index contributed by atoms with van der Waals surface area (Å²) in [5.74, 6) is 0.645. The number of benzene rings is 3. The predicted molar refractivity (Wildman–Crippen MR) is 133 cm³/mol. The maximum atomic E-state index is 13.2. The summed E-state index contributed by atoms with van der Waals surface area (Å²) < 4.78 is 6.80. The van der Waals surface area contributed by atoms with Crippen molar-refractivity contribution in [1.82, 2.24) is 0 Å². The van der Waals surface area contributed by atoms with Crippen molar-refractivity contribution in [1.29, 1.82) is 0 Å². The van der Waals surface area contributed by atoms with Gasteiger partial charge in [-0.1, -0.05) is 78.3 Å². The van der Waals surface area contributed by atoms with Crippen molar-refractivity contribution >= 4 is 17.5 Å². The number of primary amides is 1. The Labute approximate surface area is 201 Å². The minimum Gasteiger partial charge on any atom is -0.493 e. The number of ether oxygens (including phenoxy) is 1. The van der Waals surface area contributed by atoms with Crippen LogP contribution in [0.15, 0.2) is 84.9 Å². The molecule has 0 radical (unpaired) electrons. The van der Waals surface area contributed by atoms with Crippen LogP contribution in [0.5, 0.6) is 5.75 Å². The molecule has 0 aromatic heterocycles. The number of quaternary nitrogens is 1. The number of hydrogen-bond acceptors (Lipinski definition) is 2. The van der Waals surface area contributed by atoms with Gasteiger partial charge in [-0.05, 0) is 29.3 Å². The van der Waals surface area contributed by atoms with Crippen molar-refractivity contribution in [3.63, 3.8) is 0 Å². The molecule has 172 valence electrons. The molecule has 3 aromatic rings. The van der Waals surface area contributed by atoms with Gasteiger partial charge < -0.3 is 15.0 Å². The van der Waals surface area contributed by atoms with Gasteiger partial charge >= 0.3 is 0 Å². The van der Waals surface area contributed by atoms with Crippen molar-refractivity contribution < 1.29 is 14.0 Å². The fourth-order valence-electron chi connectivity index (χ4n) is 5.46. The van der Waals surface area contributed by atoms with Crippen molar-refractivity contribution in [2.45, 2.75) is 18.3 Å². The van der Waals surface area contributed by atoms with E-state index in [9.17, 15) is 4.79 Å². The zero-order valence-corrected chi connectivity index (χ0v) is 19.9. The fraction of sp³-hybridized carbons (Fsp3) is 0.321. The average Bonchev–Trinajstić information content (AvgIpc) is 3.21. The summed E-state index contributed by atoms with van der Waals surface area (Å²) in [5, 5.41) is 0.679. The molecule has 4 rings (SSSR count). The molecule has 1 amide bonds. The van der Waals surface area contributed by atoms with Gasteiger partial charge in [0, 0.05) is 23.8 Å². The summed E-state index contributed by atoms with van der Waals surface area (Å²) >= 11 is 6.05. The number of rotatable bonds is 9. The zero-order valence-electron chi connectivity index (χ0n) is 19.1. The molecule has 2 N–H and O–H groups in total. The normalized spacial score (nSPS) is 20.5. The molecule has 5 heteroatoms. The number of carbonyl (C=O) groups is 1. The van der Waals surface area contributed by atoms with E-state index < -0.39 is 5.41 Å². The van der Waals surface area contributed by atoms with Gasteiger partial charge in [0.2, 0.25) is 5.91 Å². The third-order valence-corrected chi connectivity index (χ3v) is 7.28. The predicted octanol–water partition coefficient (Wildman–Crippen LogP) is 5.05. The van der Waals surface area contributed by atoms with E-state index in [1.807, 2.05) is 84.9 Å². The molecule has 1 aliphatic heterocycles. The summed E-state index contributed by atoms with van der Waals surface area (Å²) in [7, 11) is 2.28. The molecule has 3 aromatic carbocycles. The standard InChI is InChI=1S/C28H31ClN2O2/c1-31(17-9-19-33-26-15-8-14-25(29)20-26)18-16-24(21-31)28(27(30)32,22-10-4-2-5-11-22)23-12-6-3-7-13-23/h2-8,10-15,20,24H,9,16-19,21H2,1H3,(H-,30,32)/p+1/t24?,31-/m1/s1. The summed E-state index contributed by atoms with van der Waals surface area (Å²) in [6.45, 7) is 3.52. The lowest BCUT2D eigenvalue weighted by atomic mass is 9.64. The van der Waals surface area contributed by atoms with Crippen LogP contribution in [-0.4, -0.2) is 43.7 Å². The molecule has 1 aliphatic rings. The van der Waals surface area contributed by atoms with Gasteiger partial charge in [-0.25, -0.2) is 0 Å². The highest BCUT2D eigenvalue weighted by atomic mass is 35.5. The van der Waals surface area contributed by atoms with Gasteiger partial charge in [-0.3, -0.25) is 4.79 Å². The molecule has 1 saturated heterocycles. The smallest absolute Gasteiger partial charge is 0.233 e. The van der Waals surface area contributed by atoms with Crippen LogP contribution in [0.25, 0.3) is 0 Å². The van der Waals surface area contributed by atoms with Crippen LogP contribution >= 0.6 is 11.6 Å². The highest BCUT2D eigenvalue weighted by Gasteiger charge is 2.53. The maximum absolute atomic E-state index is 13.2. The number of nitrogens with zero attached hydrogens (tertiary/aromatic N) is 1. The van der Waals surface area contributed by atoms with E-state index in [-0.39, 0.29) is 11.8 Å². The van der Waals surface area contributed by atoms with Gasteiger partial charge in [0.1, 0.15) is 11.2 Å². The molecule has 1 unspecified atom stereocenters. The Morgan fingerprint density at radius 3 is 2.24 bits per heavy atom. The molecule has 0 saturated carbocycles. The van der Waals surface area contributed by atoms with Gasteiger partial charge in [0.25, 0.3) is 0 Å². The molecule has 0 spiro atoms. The van der Waals surface area contributed by atoms with Crippen molar-refractivity contribution in [2.75, 3.05) is 33.3 Å². The van der Waals surface area contributed by atoms with Crippen molar-refractivity contribution in [3.05, 3.63) is 101 Å². The first-order valence-corrected chi connectivity index (χ1v) is 11.9. The van der Waals surface area contributed by atoms with E-state index in [0.717, 1.165) is 53.8 Å². The second-order valence-corrected chi connectivity index (χ2v) is 9.74. The zero-order chi connectivity index (χ0) is 23.3. The van der Waals surface area contributed by atoms with Crippen LogP contribution in [-0.2, 0) is 10.2 Å². The molecular formula is C28H32ClN2O2+. The Hall–Kier alpha value is -2.82. The number of likely N-dealkylation sites (tertiary alicyclic amines) is 1. The molecule has 2 atom stereocenters. The van der Waals surface area contributed by atoms with E-state index in [4.69, 9.17) is 22.1 Å². The third kappa shape index (κ3) is 4.92. The molecule has 1 fully saturated rings. The van der Waals surface area contributed by atoms with Gasteiger partial charge in [0.05, 0.1) is 33.3 Å². The summed E-state index contributed by atoms with van der Waals surface area (Å²) in [4.78, 5) is 13.2. The minimum absolute atomic E-state index is 0.124. The number of hydrogen-bond donors (Lipinski definition) is 1. The lowest BCUT2D eigenvalue weighted by Gasteiger charge is -2.38. The lowest BCUT2D eigenvalue weighted by Crippen LogP contribution is -2.51. The van der Waals surface area contributed by atoms with E-state index in [1.54, 1.807) is 0 Å². The number of carbonyl (C=O) groups excluding carboxylic acids is 1. The Bertz CT molecular complexity index is 1030. The first-order valence-electron chi connectivity index (χ1n) is 11.6. The number of halogens is 1. The Morgan fingerprint density at radius 1 is 1.03 bits per heavy atom. The van der Waals surface area contributed by atoms with Crippen molar-refractivity contribution in [2.24, 2.45) is 11.7 Å². The Kier molecular flexibility index (Phi) is 7.06. The highest BCUT2D eigenvalue weighted by molar-refractivity contribution is 6.30. The Morgan fingerprint density at radius 2 is 1.67 bits per heavy atom. The van der Waals surface area contributed by atoms with E-state index in [2.05, 4.69) is 7.05 Å². The van der Waals surface area contributed by atoms with E-state index in [0.29, 0.717) is 11.6 Å². The second kappa shape index (κ2) is 9.98. The minimum atomic E-state index is -0.837. The monoisotopic (exact) mass is 463 g/mol. The number of nitrogens with two attached hydrogens (primary N) is 1. The van der Waals surface area contributed by atoms with E-state index in [1.165, 1.54) is 0 Å². The maximum Gasteiger partial charge on any atom is 0.233 e. The van der Waals surface area contributed by atoms with Crippen LogP contribution in [0.3, 0.4) is 0 Å². The van der Waals surface area contributed by atoms with Crippen molar-refractivity contribution in [3.8, 4) is 5.75 Å². The SMILES string of the molecule is C[N@@+]1(CCCOc2cccc(Cl)c2)CCC(C(C(N)=O)(c2ccccc2)c2ccccc2)C1. The lowest BCUT2D eigenvalue weighted by molar-refractivity contribution is -0.899. The van der Waals surface area contributed by atoms with Crippen LogP contribution in [0.4, 0.5) is 0 Å². The number of amides is 1. The molecule has 0 aliphatic carbocycles. The molecule has 4 nitrogen and oxygen atoms in total. The Balaban J connectivity index is 1.52. The van der Waals surface area contributed by atoms with Gasteiger partial charge in [-0.2, -0.15) is 0 Å². The fourth-order valence-corrected chi connectivity index (χ4v) is 5.64. The second-order valence-electron chi connectivity index (χ2n) is 9.30. The van der Waals surface area contributed by atoms with Gasteiger partial charge in [-0.15, -0.1) is 0 Å². The van der Waals surface area contributed by atoms with Crippen LogP contribution < -0.4 is 10.5 Å². The molecular weight excluding hydrogens is 432 g/mol. The molecule has 33 heavy (non-hydrogen) atoms. The first-order chi connectivity index (χ1) is 15.9. The first kappa shape index (κ1) is 23.3. The highest BCUT2D eigenvalue weighted by Crippen LogP contribution is 2.45. The molecule has 1 heterocycles. The third-order valence-electron chi connectivity index (χ3n) is 7.04. The largest absolute Gasteiger partial charge is 0.493 e. The summed E-state index contributed by atoms with van der Waals surface area (Å²) in [5.41, 5.74) is 7.34. The molecule has 0 bridgehead atoms. The summed E-state index contributed by atoms with van der Waals surface area (Å²) in [6, 6.07) is 27.6. The average molecular weight is 464 g/mol. The van der Waals surface area contributed by atoms with Crippen LogP contribution in [0.2, 0.25) is 5.02 Å². The topological polar surface area (TPSA) is 52.3 Å². The van der Waals surface area contributed by atoms with Crippen LogP contribution in [0, 0.1) is 5.92 Å². The van der Waals surface area contributed by atoms with Gasteiger partial charge in [0.15, 0.2) is 0 Å². The summed E-state index contributed by atoms with van der Waals surface area (Å²) in [6.07, 6.45) is 1.87. The van der Waals surface area contributed by atoms with E-state index >= 15 is 0 Å². The quantitative estimate of drug-likeness (QED) is 0.356.